The first-order valence-corrected chi connectivity index (χ1v) is 20.7. The van der Waals surface area contributed by atoms with Gasteiger partial charge in [0.05, 0.1) is 22.7 Å². The Morgan fingerprint density at radius 1 is 0.481 bits per heavy atom. The first-order valence-electron chi connectivity index (χ1n) is 18.2. The van der Waals surface area contributed by atoms with Gasteiger partial charge in [0.1, 0.15) is 11.5 Å². The standard InChI is InChI=1S/C44H48N4O2P2/c1-9-44(8,30-22-24-38(32(26-30)42(2,3)4)49-51-45-34-18-10-14-28-15-11-19-35(46-51)40(28)34)31-23-25-39(33(27-31)43(5,6)7)50-52-47-36-20-12-16-29-17-13-21-37(48-52)41(29)36/h10-27,45-48H,9H2,1-8H3. The minimum absolute atomic E-state index is 0.137. The SMILES string of the molecule is CCC(C)(c1ccc(OP2Nc3cccc4cccc(c34)N2)c(C(C)(C)C)c1)c1ccc(OP2Nc3cccc4cccc(c34)N2)c(C(C)(C)C)c1. The van der Waals surface area contributed by atoms with Crippen LogP contribution in [0.3, 0.4) is 0 Å². The molecule has 0 spiro atoms. The summed E-state index contributed by atoms with van der Waals surface area (Å²) >= 11 is 0. The Hall–Kier alpha value is -4.50. The Morgan fingerprint density at radius 3 is 1.13 bits per heavy atom. The lowest BCUT2D eigenvalue weighted by Crippen LogP contribution is -2.25. The lowest BCUT2D eigenvalue weighted by atomic mass is 9.71. The van der Waals surface area contributed by atoms with Crippen molar-refractivity contribution in [2.24, 2.45) is 0 Å². The quantitative estimate of drug-likeness (QED) is 0.123. The van der Waals surface area contributed by atoms with Gasteiger partial charge in [-0.25, -0.2) is 0 Å². The third-order valence-electron chi connectivity index (χ3n) is 10.6. The van der Waals surface area contributed by atoms with E-state index in [1.165, 1.54) is 43.8 Å². The lowest BCUT2D eigenvalue weighted by Gasteiger charge is -2.35. The van der Waals surface area contributed by atoms with Crippen molar-refractivity contribution < 1.29 is 9.05 Å². The van der Waals surface area contributed by atoms with Crippen LogP contribution < -0.4 is 29.4 Å². The molecule has 0 fully saturated rings. The van der Waals surface area contributed by atoms with Crippen LogP contribution in [0, 0.1) is 0 Å². The second-order valence-electron chi connectivity index (χ2n) is 16.2. The van der Waals surface area contributed by atoms with Crippen LogP contribution in [0.1, 0.15) is 84.1 Å². The highest BCUT2D eigenvalue weighted by atomic mass is 31.2. The summed E-state index contributed by atoms with van der Waals surface area (Å²) in [5.41, 5.74) is 8.84. The van der Waals surface area contributed by atoms with Crippen LogP contribution >= 0.6 is 16.9 Å². The van der Waals surface area contributed by atoms with Gasteiger partial charge in [-0.2, -0.15) is 0 Å². The first-order chi connectivity index (χ1) is 24.8. The molecule has 2 aliphatic heterocycles. The molecule has 0 unspecified atom stereocenters. The topological polar surface area (TPSA) is 66.6 Å². The van der Waals surface area contributed by atoms with Crippen molar-refractivity contribution in [1.82, 2.24) is 0 Å². The van der Waals surface area contributed by atoms with Gasteiger partial charge in [0.15, 0.2) is 0 Å². The molecular formula is C44H48N4O2P2. The van der Waals surface area contributed by atoms with Gasteiger partial charge in [-0.1, -0.05) is 128 Å². The van der Waals surface area contributed by atoms with E-state index >= 15 is 0 Å². The van der Waals surface area contributed by atoms with E-state index in [9.17, 15) is 0 Å². The summed E-state index contributed by atoms with van der Waals surface area (Å²) < 4.78 is 13.6. The van der Waals surface area contributed by atoms with Gasteiger partial charge >= 0.3 is 16.9 Å². The molecule has 0 aromatic heterocycles. The molecule has 2 aliphatic rings. The van der Waals surface area contributed by atoms with E-state index in [1.807, 2.05) is 0 Å². The van der Waals surface area contributed by atoms with Crippen LogP contribution in [0.15, 0.2) is 109 Å². The molecule has 0 saturated heterocycles. The fourth-order valence-electron chi connectivity index (χ4n) is 7.49. The van der Waals surface area contributed by atoms with Crippen LogP contribution in [0.4, 0.5) is 22.7 Å². The first kappa shape index (κ1) is 34.6. The molecule has 4 N–H and O–H groups in total. The van der Waals surface area contributed by atoms with Gasteiger partial charge < -0.3 is 29.4 Å². The maximum absolute atomic E-state index is 6.82. The molecule has 0 amide bonds. The molecule has 52 heavy (non-hydrogen) atoms. The number of rotatable bonds is 7. The number of nitrogens with one attached hydrogen (secondary N) is 4. The summed E-state index contributed by atoms with van der Waals surface area (Å²) in [5.74, 6) is 1.80. The van der Waals surface area contributed by atoms with Crippen molar-refractivity contribution in [3.63, 3.8) is 0 Å². The summed E-state index contributed by atoms with van der Waals surface area (Å²) in [5, 5.41) is 19.4. The van der Waals surface area contributed by atoms with Crippen molar-refractivity contribution in [3.05, 3.63) is 131 Å². The van der Waals surface area contributed by atoms with Gasteiger partial charge in [0.25, 0.3) is 0 Å². The lowest BCUT2D eigenvalue weighted by molar-refractivity contribution is 0.513. The Kier molecular flexibility index (Phi) is 8.56. The largest absolute Gasteiger partial charge is 0.436 e. The zero-order chi connectivity index (χ0) is 36.4. The summed E-state index contributed by atoms with van der Waals surface area (Å²) in [6.45, 7) is 18.3. The monoisotopic (exact) mass is 726 g/mol. The van der Waals surface area contributed by atoms with E-state index in [2.05, 4.69) is 185 Å². The number of anilines is 4. The van der Waals surface area contributed by atoms with Crippen LogP contribution in [-0.2, 0) is 16.2 Å². The molecule has 6 nitrogen and oxygen atoms in total. The van der Waals surface area contributed by atoms with Crippen LogP contribution in [0.25, 0.3) is 21.5 Å². The van der Waals surface area contributed by atoms with Gasteiger partial charge in [0.2, 0.25) is 0 Å². The molecule has 0 bridgehead atoms. The molecule has 0 atom stereocenters. The Bertz CT molecular complexity index is 2090. The van der Waals surface area contributed by atoms with Gasteiger partial charge in [0, 0.05) is 27.3 Å². The molecule has 0 aliphatic carbocycles. The van der Waals surface area contributed by atoms with E-state index in [1.54, 1.807) is 0 Å². The molecular weight excluding hydrogens is 678 g/mol. The van der Waals surface area contributed by atoms with Gasteiger partial charge in [-0.15, -0.1) is 0 Å². The number of benzene rings is 6. The van der Waals surface area contributed by atoms with Crippen LogP contribution in [-0.4, -0.2) is 0 Å². The van der Waals surface area contributed by atoms with E-state index in [4.69, 9.17) is 9.05 Å². The fraction of sp³-hybridized carbons (Fsp3) is 0.273. The summed E-state index contributed by atoms with van der Waals surface area (Å²) in [6, 6.07) is 39.2. The molecule has 6 aromatic carbocycles. The van der Waals surface area contributed by atoms with Crippen LogP contribution in [0.5, 0.6) is 11.5 Å². The van der Waals surface area contributed by atoms with Gasteiger partial charge in [-0.3, -0.25) is 0 Å². The number of hydrogen-bond acceptors (Lipinski definition) is 6. The zero-order valence-corrected chi connectivity index (χ0v) is 33.1. The average Bonchev–Trinajstić information content (AvgIpc) is 3.11. The van der Waals surface area contributed by atoms with E-state index in [0.717, 1.165) is 40.7 Å². The van der Waals surface area contributed by atoms with Crippen molar-refractivity contribution in [1.29, 1.82) is 0 Å². The maximum atomic E-state index is 6.82. The molecule has 0 saturated carbocycles. The van der Waals surface area contributed by atoms with Crippen molar-refractivity contribution in [2.45, 2.75) is 78.1 Å². The highest BCUT2D eigenvalue weighted by Gasteiger charge is 2.34. The van der Waals surface area contributed by atoms with Crippen molar-refractivity contribution in [3.8, 4) is 11.5 Å². The third kappa shape index (κ3) is 6.21. The molecule has 8 heteroatoms. The molecule has 6 aromatic rings. The maximum Gasteiger partial charge on any atom is 0.304 e. The van der Waals surface area contributed by atoms with Gasteiger partial charge in [-0.05, 0) is 75.5 Å². The van der Waals surface area contributed by atoms with E-state index in [-0.39, 0.29) is 16.2 Å². The second-order valence-corrected chi connectivity index (χ2v) is 18.7. The predicted molar refractivity (Wildman–Crippen MR) is 225 cm³/mol. The Labute approximate surface area is 310 Å². The predicted octanol–water partition coefficient (Wildman–Crippen LogP) is 13.6. The summed E-state index contributed by atoms with van der Waals surface area (Å²) in [4.78, 5) is 0. The van der Waals surface area contributed by atoms with Crippen LogP contribution in [0.2, 0.25) is 0 Å². The highest BCUT2D eigenvalue weighted by Crippen LogP contribution is 2.52. The van der Waals surface area contributed by atoms with Crippen molar-refractivity contribution >= 4 is 61.2 Å². The average molecular weight is 727 g/mol. The normalized spacial score (nSPS) is 14.7. The van der Waals surface area contributed by atoms with Crippen molar-refractivity contribution in [2.75, 3.05) is 20.3 Å². The van der Waals surface area contributed by atoms with E-state index < -0.39 is 16.9 Å². The summed E-state index contributed by atoms with van der Waals surface area (Å²) in [6.07, 6.45) is 0.938. The Morgan fingerprint density at radius 2 is 0.827 bits per heavy atom. The highest BCUT2D eigenvalue weighted by molar-refractivity contribution is 7.56. The second kappa shape index (κ2) is 12.9. The Balaban J connectivity index is 1.10. The minimum Gasteiger partial charge on any atom is -0.436 e. The minimum atomic E-state index is -1.18. The zero-order valence-electron chi connectivity index (χ0n) is 31.3. The molecule has 2 heterocycles. The third-order valence-corrected chi connectivity index (χ3v) is 13.2. The fourth-order valence-corrected chi connectivity index (χ4v) is 10.1. The smallest absolute Gasteiger partial charge is 0.304 e. The van der Waals surface area contributed by atoms with E-state index in [0.29, 0.717) is 0 Å². The molecule has 0 radical (unpaired) electrons. The molecule has 266 valence electrons. The summed E-state index contributed by atoms with van der Waals surface area (Å²) in [7, 11) is -2.37. The molecule has 8 rings (SSSR count). The number of hydrogen-bond donors (Lipinski definition) is 4.